The van der Waals surface area contributed by atoms with Gasteiger partial charge in [-0.2, -0.15) is 4.31 Å². The van der Waals surface area contributed by atoms with Crippen molar-refractivity contribution in [2.45, 2.75) is 51.2 Å². The zero-order valence-electron chi connectivity index (χ0n) is 20.2. The molecular weight excluding hydrogens is 454 g/mol. The number of hydrogen-bond acceptors (Lipinski definition) is 5. The van der Waals surface area contributed by atoms with E-state index in [0.29, 0.717) is 24.2 Å². The zero-order chi connectivity index (χ0) is 24.9. The van der Waals surface area contributed by atoms with Crippen LogP contribution in [0.15, 0.2) is 53.4 Å². The first-order valence-corrected chi connectivity index (χ1v) is 13.0. The van der Waals surface area contributed by atoms with Gasteiger partial charge in [-0.1, -0.05) is 25.1 Å². The molecule has 184 valence electrons. The van der Waals surface area contributed by atoms with E-state index in [1.165, 1.54) is 33.5 Å². The number of nitrogens with zero attached hydrogens (tertiary/aromatic N) is 2. The number of anilines is 1. The van der Waals surface area contributed by atoms with Crippen molar-refractivity contribution in [1.29, 1.82) is 0 Å². The van der Waals surface area contributed by atoms with E-state index in [0.717, 1.165) is 5.56 Å². The molecule has 0 saturated carbocycles. The number of para-hydroxylation sites is 1. The average Bonchev–Trinajstić information content (AvgIpc) is 2.79. The van der Waals surface area contributed by atoms with Crippen LogP contribution in [0.5, 0.6) is 0 Å². The maximum atomic E-state index is 13.1. The van der Waals surface area contributed by atoms with Gasteiger partial charge in [-0.05, 0) is 63.1 Å². The summed E-state index contributed by atoms with van der Waals surface area (Å²) in [7, 11) is -3.69. The number of hydrogen-bond donors (Lipinski definition) is 1. The van der Waals surface area contributed by atoms with Crippen LogP contribution in [-0.4, -0.2) is 67.8 Å². The topological polar surface area (TPSA) is 96.0 Å². The largest absolute Gasteiger partial charge is 0.373 e. The number of aryl methyl sites for hydroxylation is 1. The smallest absolute Gasteiger partial charge is 0.254 e. The molecule has 2 aromatic carbocycles. The molecule has 0 unspecified atom stereocenters. The minimum absolute atomic E-state index is 0.0926. The Morgan fingerprint density at radius 3 is 2.26 bits per heavy atom. The fraction of sp³-hybridized carbons (Fsp3) is 0.440. The summed E-state index contributed by atoms with van der Waals surface area (Å²) >= 11 is 0. The predicted molar refractivity (Wildman–Crippen MR) is 131 cm³/mol. The summed E-state index contributed by atoms with van der Waals surface area (Å²) in [6.07, 6.45) is 0.309. The molecule has 0 aliphatic carbocycles. The lowest BCUT2D eigenvalue weighted by molar-refractivity contribution is -0.116. The summed E-state index contributed by atoms with van der Waals surface area (Å²) < 4.78 is 33.2. The molecule has 0 aromatic heterocycles. The monoisotopic (exact) mass is 487 g/mol. The van der Waals surface area contributed by atoms with Crippen molar-refractivity contribution in [3.63, 3.8) is 0 Å². The third kappa shape index (κ3) is 6.22. The number of amides is 2. The van der Waals surface area contributed by atoms with E-state index in [-0.39, 0.29) is 48.6 Å². The van der Waals surface area contributed by atoms with Crippen LogP contribution in [0.1, 0.15) is 43.1 Å². The van der Waals surface area contributed by atoms with E-state index in [2.05, 4.69) is 5.32 Å². The Kier molecular flexibility index (Phi) is 8.46. The number of benzene rings is 2. The fourth-order valence-corrected chi connectivity index (χ4v) is 5.62. The molecule has 2 aromatic rings. The Morgan fingerprint density at radius 2 is 1.68 bits per heavy atom. The number of rotatable bonds is 8. The lowest BCUT2D eigenvalue weighted by Gasteiger charge is -2.34. The number of carbonyl (C=O) groups is 2. The Bertz CT molecular complexity index is 1110. The fourth-order valence-electron chi connectivity index (χ4n) is 4.03. The summed E-state index contributed by atoms with van der Waals surface area (Å²) in [5.74, 6) is -0.606. The highest BCUT2D eigenvalue weighted by Gasteiger charge is 2.32. The van der Waals surface area contributed by atoms with Gasteiger partial charge in [-0.3, -0.25) is 9.59 Å². The van der Waals surface area contributed by atoms with Gasteiger partial charge in [0.05, 0.1) is 17.1 Å². The molecule has 9 heteroatoms. The normalized spacial score (nSPS) is 18.9. The number of sulfonamides is 1. The molecule has 1 heterocycles. The number of morpholine rings is 1. The molecule has 2 atom stereocenters. The SMILES string of the molecule is CCCN(CC(=O)Nc1ccccc1C)C(=O)c1ccc(S(=O)(=O)N2C[C@H](C)O[C@@H](C)C2)cc1. The Hall–Kier alpha value is -2.75. The summed E-state index contributed by atoms with van der Waals surface area (Å²) in [6, 6.07) is 13.4. The first-order chi connectivity index (χ1) is 16.1. The van der Waals surface area contributed by atoms with Gasteiger partial charge in [0.1, 0.15) is 6.54 Å². The number of ether oxygens (including phenoxy) is 1. The molecule has 1 saturated heterocycles. The van der Waals surface area contributed by atoms with E-state index in [4.69, 9.17) is 4.74 Å². The van der Waals surface area contributed by atoms with Gasteiger partial charge in [-0.25, -0.2) is 8.42 Å². The standard InChI is InChI=1S/C25H33N3O5S/c1-5-14-27(17-24(29)26-23-9-7-6-8-18(23)2)25(30)21-10-12-22(13-11-21)34(31,32)28-15-19(3)33-20(4)16-28/h6-13,19-20H,5,14-17H2,1-4H3,(H,26,29)/t19-,20-/m0/s1. The quantitative estimate of drug-likeness (QED) is 0.617. The third-order valence-corrected chi connectivity index (χ3v) is 7.51. The molecular formula is C25H33N3O5S. The summed E-state index contributed by atoms with van der Waals surface area (Å²) in [5, 5.41) is 2.85. The predicted octanol–water partition coefficient (Wildman–Crippen LogP) is 3.28. The molecule has 1 aliphatic rings. The second-order valence-electron chi connectivity index (χ2n) is 8.69. The minimum Gasteiger partial charge on any atom is -0.373 e. The summed E-state index contributed by atoms with van der Waals surface area (Å²) in [6.45, 7) is 8.41. The second kappa shape index (κ2) is 11.1. The van der Waals surface area contributed by atoms with E-state index in [1.54, 1.807) is 0 Å². The van der Waals surface area contributed by atoms with Crippen molar-refractivity contribution in [3.05, 3.63) is 59.7 Å². The average molecular weight is 488 g/mol. The van der Waals surface area contributed by atoms with Crippen LogP contribution >= 0.6 is 0 Å². The van der Waals surface area contributed by atoms with Crippen LogP contribution in [0.4, 0.5) is 5.69 Å². The highest BCUT2D eigenvalue weighted by atomic mass is 32.2. The first kappa shape index (κ1) is 25.9. The zero-order valence-corrected chi connectivity index (χ0v) is 21.0. The highest BCUT2D eigenvalue weighted by molar-refractivity contribution is 7.89. The van der Waals surface area contributed by atoms with Crippen molar-refractivity contribution >= 4 is 27.5 Å². The van der Waals surface area contributed by atoms with Crippen LogP contribution in [0.2, 0.25) is 0 Å². The van der Waals surface area contributed by atoms with E-state index in [9.17, 15) is 18.0 Å². The highest BCUT2D eigenvalue weighted by Crippen LogP contribution is 2.22. The van der Waals surface area contributed by atoms with Crippen LogP contribution < -0.4 is 5.32 Å². The molecule has 1 N–H and O–H groups in total. The molecule has 0 radical (unpaired) electrons. The maximum Gasteiger partial charge on any atom is 0.254 e. The first-order valence-electron chi connectivity index (χ1n) is 11.5. The summed E-state index contributed by atoms with van der Waals surface area (Å²) in [4.78, 5) is 27.3. The molecule has 8 nitrogen and oxygen atoms in total. The summed E-state index contributed by atoms with van der Waals surface area (Å²) in [5.41, 5.74) is 1.97. The van der Waals surface area contributed by atoms with Crippen LogP contribution in [-0.2, 0) is 19.6 Å². The number of nitrogens with one attached hydrogen (secondary N) is 1. The van der Waals surface area contributed by atoms with Gasteiger partial charge in [-0.15, -0.1) is 0 Å². The van der Waals surface area contributed by atoms with Gasteiger partial charge >= 0.3 is 0 Å². The molecule has 34 heavy (non-hydrogen) atoms. The van der Waals surface area contributed by atoms with Gasteiger partial charge in [0, 0.05) is 30.9 Å². The van der Waals surface area contributed by atoms with Crippen molar-refractivity contribution in [3.8, 4) is 0 Å². The van der Waals surface area contributed by atoms with Gasteiger partial charge < -0.3 is 15.0 Å². The Balaban J connectivity index is 1.71. The van der Waals surface area contributed by atoms with Crippen LogP contribution in [0.3, 0.4) is 0 Å². The lowest BCUT2D eigenvalue weighted by atomic mass is 10.2. The maximum absolute atomic E-state index is 13.1. The van der Waals surface area contributed by atoms with Crippen molar-refractivity contribution < 1.29 is 22.7 Å². The third-order valence-electron chi connectivity index (χ3n) is 5.66. The van der Waals surface area contributed by atoms with Crippen molar-refractivity contribution in [1.82, 2.24) is 9.21 Å². The molecule has 3 rings (SSSR count). The van der Waals surface area contributed by atoms with Crippen LogP contribution in [0, 0.1) is 6.92 Å². The molecule has 1 fully saturated rings. The van der Waals surface area contributed by atoms with Crippen molar-refractivity contribution in [2.75, 3.05) is 31.5 Å². The minimum atomic E-state index is -3.69. The van der Waals surface area contributed by atoms with E-state index in [1.807, 2.05) is 52.0 Å². The Labute approximate surface area is 201 Å². The van der Waals surface area contributed by atoms with Gasteiger partial charge in [0.2, 0.25) is 15.9 Å². The lowest BCUT2D eigenvalue weighted by Crippen LogP contribution is -2.48. The second-order valence-corrected chi connectivity index (χ2v) is 10.6. The van der Waals surface area contributed by atoms with Gasteiger partial charge in [0.25, 0.3) is 5.91 Å². The van der Waals surface area contributed by atoms with Crippen LogP contribution in [0.25, 0.3) is 0 Å². The molecule has 0 bridgehead atoms. The molecule has 2 amide bonds. The number of carbonyl (C=O) groups excluding carboxylic acids is 2. The van der Waals surface area contributed by atoms with E-state index >= 15 is 0 Å². The Morgan fingerprint density at radius 1 is 1.06 bits per heavy atom. The van der Waals surface area contributed by atoms with E-state index < -0.39 is 10.0 Å². The molecule has 0 spiro atoms. The molecule has 1 aliphatic heterocycles. The van der Waals surface area contributed by atoms with Gasteiger partial charge in [0.15, 0.2) is 0 Å². The van der Waals surface area contributed by atoms with Crippen molar-refractivity contribution in [2.24, 2.45) is 0 Å².